The van der Waals surface area contributed by atoms with Crippen molar-refractivity contribution in [1.29, 1.82) is 0 Å². The van der Waals surface area contributed by atoms with Gasteiger partial charge in [-0.2, -0.15) is 0 Å². The minimum absolute atomic E-state index is 0.0704. The van der Waals surface area contributed by atoms with Crippen LogP contribution in [0.2, 0.25) is 0 Å². The van der Waals surface area contributed by atoms with E-state index in [-0.39, 0.29) is 31.1 Å². The molecule has 0 aromatic rings. The van der Waals surface area contributed by atoms with Crippen LogP contribution in [0.1, 0.15) is 329 Å². The Balaban J connectivity index is 4.33. The third-order valence-electron chi connectivity index (χ3n) is 13.8. The van der Waals surface area contributed by atoms with E-state index in [0.717, 1.165) is 89.9 Å². The summed E-state index contributed by atoms with van der Waals surface area (Å²) in [6.07, 6.45) is 73.9. The molecule has 0 saturated heterocycles. The molecule has 6 heteroatoms. The summed E-state index contributed by atoms with van der Waals surface area (Å²) < 4.78 is 16.9. The van der Waals surface area contributed by atoms with Crippen molar-refractivity contribution in [3.8, 4) is 0 Å². The number of ether oxygens (including phenoxy) is 3. The second kappa shape index (κ2) is 59.9. The summed E-state index contributed by atoms with van der Waals surface area (Å²) in [5.41, 5.74) is 0. The van der Waals surface area contributed by atoms with Gasteiger partial charge in [-0.25, -0.2) is 0 Å². The van der Waals surface area contributed by atoms with E-state index >= 15 is 0 Å². The third-order valence-corrected chi connectivity index (χ3v) is 13.8. The van der Waals surface area contributed by atoms with Crippen LogP contribution in [0.15, 0.2) is 48.6 Å². The Morgan fingerprint density at radius 3 is 0.859 bits per heavy atom. The zero-order valence-electron chi connectivity index (χ0n) is 47.5. The number of rotatable bonds is 57. The summed E-state index contributed by atoms with van der Waals surface area (Å²) in [4.78, 5) is 38.3. The fourth-order valence-electron chi connectivity index (χ4n) is 9.20. The zero-order valence-corrected chi connectivity index (χ0v) is 47.5. The van der Waals surface area contributed by atoms with Gasteiger partial charge in [0.25, 0.3) is 0 Å². The van der Waals surface area contributed by atoms with Crippen LogP contribution in [0.3, 0.4) is 0 Å². The van der Waals surface area contributed by atoms with Crippen LogP contribution in [0.4, 0.5) is 0 Å². The second-order valence-electron chi connectivity index (χ2n) is 21.0. The van der Waals surface area contributed by atoms with Gasteiger partial charge in [-0.1, -0.05) is 301 Å². The summed E-state index contributed by atoms with van der Waals surface area (Å²) in [7, 11) is 0. The molecule has 71 heavy (non-hydrogen) atoms. The van der Waals surface area contributed by atoms with Crippen LogP contribution in [-0.2, 0) is 28.6 Å². The van der Waals surface area contributed by atoms with E-state index in [1.165, 1.54) is 199 Å². The van der Waals surface area contributed by atoms with Crippen molar-refractivity contribution in [2.75, 3.05) is 13.2 Å². The van der Waals surface area contributed by atoms with Crippen molar-refractivity contribution in [1.82, 2.24) is 0 Å². The van der Waals surface area contributed by atoms with Gasteiger partial charge in [-0.05, 0) is 57.8 Å². The first kappa shape index (κ1) is 68.4. The lowest BCUT2D eigenvalue weighted by molar-refractivity contribution is -0.167. The molecule has 0 radical (unpaired) electrons. The van der Waals surface area contributed by atoms with Crippen molar-refractivity contribution in [2.24, 2.45) is 0 Å². The molecule has 0 aliphatic heterocycles. The van der Waals surface area contributed by atoms with E-state index in [9.17, 15) is 14.4 Å². The Morgan fingerprint density at radius 2 is 0.549 bits per heavy atom. The molecule has 0 fully saturated rings. The van der Waals surface area contributed by atoms with E-state index in [0.29, 0.717) is 19.3 Å². The van der Waals surface area contributed by atoms with Crippen LogP contribution in [0.5, 0.6) is 0 Å². The van der Waals surface area contributed by atoms with Gasteiger partial charge in [-0.15, -0.1) is 0 Å². The molecule has 0 spiro atoms. The van der Waals surface area contributed by atoms with E-state index in [2.05, 4.69) is 69.4 Å². The van der Waals surface area contributed by atoms with Gasteiger partial charge in [0.1, 0.15) is 13.2 Å². The molecular formula is C65H118O6. The Bertz CT molecular complexity index is 1230. The minimum Gasteiger partial charge on any atom is -0.462 e. The molecule has 0 heterocycles. The molecule has 0 saturated carbocycles. The molecule has 414 valence electrons. The number of hydrogen-bond donors (Lipinski definition) is 0. The SMILES string of the molecule is CC/C=C\C/C=C\C/C=C\C/C=C\CCCCCCCCCCC(=O)OCC(COC(=O)CCCCCCCCCCCCCCCCC)OC(=O)CCCCCCCCCCCCCCCCCCC. The van der Waals surface area contributed by atoms with Gasteiger partial charge in [0, 0.05) is 19.3 Å². The molecule has 0 rings (SSSR count). The zero-order chi connectivity index (χ0) is 51.4. The first-order valence-electron chi connectivity index (χ1n) is 31.1. The van der Waals surface area contributed by atoms with Gasteiger partial charge < -0.3 is 14.2 Å². The average Bonchev–Trinajstić information content (AvgIpc) is 3.37. The first-order chi connectivity index (χ1) is 35.0. The normalized spacial score (nSPS) is 12.3. The summed E-state index contributed by atoms with van der Waals surface area (Å²) in [5.74, 6) is -0.856. The molecular weight excluding hydrogens is 877 g/mol. The van der Waals surface area contributed by atoms with Crippen LogP contribution in [-0.4, -0.2) is 37.2 Å². The van der Waals surface area contributed by atoms with Crippen molar-refractivity contribution in [3.05, 3.63) is 48.6 Å². The number of hydrogen-bond acceptors (Lipinski definition) is 6. The lowest BCUT2D eigenvalue weighted by Crippen LogP contribution is -2.30. The highest BCUT2D eigenvalue weighted by Gasteiger charge is 2.19. The van der Waals surface area contributed by atoms with E-state index in [1.807, 2.05) is 0 Å². The second-order valence-corrected chi connectivity index (χ2v) is 21.0. The van der Waals surface area contributed by atoms with Gasteiger partial charge >= 0.3 is 17.9 Å². The largest absolute Gasteiger partial charge is 0.462 e. The molecule has 6 nitrogen and oxygen atoms in total. The van der Waals surface area contributed by atoms with Crippen LogP contribution in [0.25, 0.3) is 0 Å². The maximum absolute atomic E-state index is 12.9. The number of carbonyl (C=O) groups excluding carboxylic acids is 3. The maximum atomic E-state index is 12.9. The van der Waals surface area contributed by atoms with Crippen LogP contribution < -0.4 is 0 Å². The summed E-state index contributed by atoms with van der Waals surface area (Å²) >= 11 is 0. The molecule has 0 N–H and O–H groups in total. The van der Waals surface area contributed by atoms with Crippen molar-refractivity contribution < 1.29 is 28.6 Å². The molecule has 0 aromatic carbocycles. The lowest BCUT2D eigenvalue weighted by Gasteiger charge is -2.18. The standard InChI is InChI=1S/C65H118O6/c1-4-7-10-13-16-19-22-25-28-30-31-32-33-35-37-40-43-46-49-52-55-58-64(67)70-61-62(60-69-63(66)57-54-51-48-45-42-39-36-27-24-21-18-15-12-9-6-3)71-65(68)59-56-53-50-47-44-41-38-34-29-26-23-20-17-14-11-8-5-2/h7,10,16,19,25,28,31-32,62H,4-6,8-9,11-15,17-18,20-24,26-27,29-30,33-61H2,1-3H3/b10-7-,19-16-,28-25-,32-31-. The minimum atomic E-state index is -0.773. The van der Waals surface area contributed by atoms with E-state index in [1.54, 1.807) is 0 Å². The number of esters is 3. The van der Waals surface area contributed by atoms with Gasteiger partial charge in [0.15, 0.2) is 6.10 Å². The van der Waals surface area contributed by atoms with Gasteiger partial charge in [0.2, 0.25) is 0 Å². The fraction of sp³-hybridized carbons (Fsp3) is 0.831. The monoisotopic (exact) mass is 995 g/mol. The predicted octanol–water partition coefficient (Wildman–Crippen LogP) is 21.0. The van der Waals surface area contributed by atoms with Crippen LogP contribution in [0, 0.1) is 0 Å². The number of carbonyl (C=O) groups is 3. The van der Waals surface area contributed by atoms with E-state index < -0.39 is 6.10 Å². The predicted molar refractivity (Wildman–Crippen MR) is 307 cm³/mol. The summed E-state index contributed by atoms with van der Waals surface area (Å²) in [5, 5.41) is 0. The Kier molecular flexibility index (Phi) is 57.7. The van der Waals surface area contributed by atoms with Crippen molar-refractivity contribution >= 4 is 17.9 Å². The van der Waals surface area contributed by atoms with E-state index in [4.69, 9.17) is 14.2 Å². The fourth-order valence-corrected chi connectivity index (χ4v) is 9.20. The van der Waals surface area contributed by atoms with Crippen molar-refractivity contribution in [3.63, 3.8) is 0 Å². The summed E-state index contributed by atoms with van der Waals surface area (Å²) in [6.45, 7) is 6.58. The van der Waals surface area contributed by atoms with Gasteiger partial charge in [0.05, 0.1) is 0 Å². The smallest absolute Gasteiger partial charge is 0.306 e. The molecule has 0 bridgehead atoms. The average molecular weight is 996 g/mol. The number of unbranched alkanes of at least 4 members (excludes halogenated alkanes) is 38. The molecule has 0 aliphatic carbocycles. The maximum Gasteiger partial charge on any atom is 0.306 e. The van der Waals surface area contributed by atoms with Crippen LogP contribution >= 0.6 is 0 Å². The molecule has 0 aromatic heterocycles. The molecule has 1 atom stereocenters. The Morgan fingerprint density at radius 1 is 0.296 bits per heavy atom. The third kappa shape index (κ3) is 58.1. The quantitative estimate of drug-likeness (QED) is 0.0261. The van der Waals surface area contributed by atoms with Gasteiger partial charge in [-0.3, -0.25) is 14.4 Å². The Labute approximate surface area is 441 Å². The molecule has 1 unspecified atom stereocenters. The highest BCUT2D eigenvalue weighted by atomic mass is 16.6. The van der Waals surface area contributed by atoms with Crippen molar-refractivity contribution in [2.45, 2.75) is 335 Å². The topological polar surface area (TPSA) is 78.9 Å². The lowest BCUT2D eigenvalue weighted by atomic mass is 10.0. The highest BCUT2D eigenvalue weighted by molar-refractivity contribution is 5.71. The Hall–Kier alpha value is -2.63. The molecule has 0 aliphatic rings. The first-order valence-corrected chi connectivity index (χ1v) is 31.1. The molecule has 0 amide bonds. The highest BCUT2D eigenvalue weighted by Crippen LogP contribution is 2.17. The summed E-state index contributed by atoms with van der Waals surface area (Å²) in [6, 6.07) is 0. The number of allylic oxidation sites excluding steroid dienone is 8.